The lowest BCUT2D eigenvalue weighted by molar-refractivity contribution is 0.0965. The average Bonchev–Trinajstić information content (AvgIpc) is 2.43. The monoisotopic (exact) mass is 257 g/mol. The van der Waals surface area contributed by atoms with E-state index < -0.39 is 0 Å². The molecule has 0 unspecified atom stereocenters. The summed E-state index contributed by atoms with van der Waals surface area (Å²) in [6, 6.07) is 14.7. The Morgan fingerprint density at radius 2 is 1.74 bits per heavy atom. The molecule has 0 saturated heterocycles. The Labute approximate surface area is 115 Å². The minimum absolute atomic E-state index is 0.121. The number of benzene rings is 2. The third-order valence-electron chi connectivity index (χ3n) is 3.74. The molecule has 0 aromatic heterocycles. The molecule has 2 aromatic carbocycles. The third-order valence-corrected chi connectivity index (χ3v) is 3.74. The minimum atomic E-state index is -0.335. The van der Waals surface area contributed by atoms with Crippen LogP contribution in [0.2, 0.25) is 0 Å². The van der Waals surface area contributed by atoms with Crippen LogP contribution < -0.4 is 5.32 Å². The molecule has 0 saturated carbocycles. The van der Waals surface area contributed by atoms with Crippen LogP contribution in [0.25, 0.3) is 10.8 Å². The topological polar surface area (TPSA) is 32.3 Å². The van der Waals surface area contributed by atoms with E-state index in [1.165, 1.54) is 16.3 Å². The van der Waals surface area contributed by atoms with E-state index >= 15 is 0 Å². The fourth-order valence-corrected chi connectivity index (χ4v) is 2.67. The van der Waals surface area contributed by atoms with E-state index in [9.17, 15) is 5.11 Å². The lowest BCUT2D eigenvalue weighted by atomic mass is 9.84. The van der Waals surface area contributed by atoms with Gasteiger partial charge in [0.1, 0.15) is 0 Å². The van der Waals surface area contributed by atoms with Crippen molar-refractivity contribution < 1.29 is 5.11 Å². The number of likely N-dealkylation sites (N-methyl/N-ethyl adjacent to an activating group) is 1. The zero-order chi connectivity index (χ0) is 13.8. The van der Waals surface area contributed by atoms with Crippen LogP contribution in [0.4, 0.5) is 0 Å². The normalized spacial score (nSPS) is 14.8. The summed E-state index contributed by atoms with van der Waals surface area (Å²) in [5, 5.41) is 16.2. The van der Waals surface area contributed by atoms with Gasteiger partial charge in [-0.3, -0.25) is 0 Å². The van der Waals surface area contributed by atoms with Gasteiger partial charge >= 0.3 is 0 Å². The molecule has 102 valence electrons. The van der Waals surface area contributed by atoms with Crippen LogP contribution in [0, 0.1) is 5.92 Å². The Morgan fingerprint density at radius 3 is 2.42 bits per heavy atom. The van der Waals surface area contributed by atoms with Gasteiger partial charge in [-0.1, -0.05) is 56.3 Å². The van der Waals surface area contributed by atoms with Crippen molar-refractivity contribution in [3.8, 4) is 0 Å². The molecular weight excluding hydrogens is 234 g/mol. The third kappa shape index (κ3) is 2.96. The molecule has 0 aliphatic carbocycles. The second-order valence-electron chi connectivity index (χ2n) is 5.47. The maximum Gasteiger partial charge on any atom is 0.0644 e. The Kier molecular flexibility index (Phi) is 4.56. The average molecular weight is 257 g/mol. The molecule has 2 N–H and O–H groups in total. The smallest absolute Gasteiger partial charge is 0.0644 e. The fourth-order valence-electron chi connectivity index (χ4n) is 2.67. The van der Waals surface area contributed by atoms with Crippen molar-refractivity contribution in [1.82, 2.24) is 5.32 Å². The lowest BCUT2D eigenvalue weighted by Gasteiger charge is -2.27. The summed E-state index contributed by atoms with van der Waals surface area (Å²) >= 11 is 0. The molecule has 0 aliphatic heterocycles. The van der Waals surface area contributed by atoms with E-state index in [1.807, 2.05) is 7.05 Å². The van der Waals surface area contributed by atoms with Gasteiger partial charge in [-0.05, 0) is 29.3 Å². The molecule has 19 heavy (non-hydrogen) atoms. The predicted molar refractivity (Wildman–Crippen MR) is 81.5 cm³/mol. The Hall–Kier alpha value is -1.38. The van der Waals surface area contributed by atoms with Crippen molar-refractivity contribution in [3.63, 3.8) is 0 Å². The van der Waals surface area contributed by atoms with Crippen molar-refractivity contribution >= 4 is 10.8 Å². The second kappa shape index (κ2) is 6.18. The molecule has 2 atom stereocenters. The molecule has 2 heteroatoms. The minimum Gasteiger partial charge on any atom is -0.392 e. The first-order valence-electron chi connectivity index (χ1n) is 6.95. The highest BCUT2D eigenvalue weighted by atomic mass is 16.3. The lowest BCUT2D eigenvalue weighted by Crippen LogP contribution is -2.31. The molecule has 2 nitrogen and oxygen atoms in total. The van der Waals surface area contributed by atoms with Crippen LogP contribution in [-0.2, 0) is 0 Å². The summed E-state index contributed by atoms with van der Waals surface area (Å²) in [6.45, 7) is 4.92. The fraction of sp³-hybridized carbons (Fsp3) is 0.412. The van der Waals surface area contributed by atoms with Crippen LogP contribution in [0.1, 0.15) is 25.3 Å². The van der Waals surface area contributed by atoms with Gasteiger partial charge in [-0.25, -0.2) is 0 Å². The van der Waals surface area contributed by atoms with E-state index in [1.54, 1.807) is 0 Å². The van der Waals surface area contributed by atoms with Crippen LogP contribution in [0.3, 0.4) is 0 Å². The van der Waals surface area contributed by atoms with Crippen LogP contribution >= 0.6 is 0 Å². The number of nitrogens with one attached hydrogen (secondary N) is 1. The van der Waals surface area contributed by atoms with Gasteiger partial charge in [0, 0.05) is 12.5 Å². The molecular formula is C17H23NO. The van der Waals surface area contributed by atoms with E-state index in [-0.39, 0.29) is 17.9 Å². The number of aliphatic hydroxyl groups is 1. The van der Waals surface area contributed by atoms with Crippen LogP contribution in [0.5, 0.6) is 0 Å². The molecule has 0 radical (unpaired) electrons. The van der Waals surface area contributed by atoms with Gasteiger partial charge < -0.3 is 10.4 Å². The van der Waals surface area contributed by atoms with Gasteiger partial charge in [0.15, 0.2) is 0 Å². The first-order chi connectivity index (χ1) is 9.15. The summed E-state index contributed by atoms with van der Waals surface area (Å²) in [6.07, 6.45) is -0.335. The van der Waals surface area contributed by atoms with Gasteiger partial charge in [0.25, 0.3) is 0 Å². The van der Waals surface area contributed by atoms with Gasteiger partial charge in [-0.15, -0.1) is 0 Å². The number of aliphatic hydroxyl groups excluding tert-OH is 1. The number of hydrogen-bond donors (Lipinski definition) is 2. The van der Waals surface area contributed by atoms with Crippen molar-refractivity contribution in [2.24, 2.45) is 5.92 Å². The van der Waals surface area contributed by atoms with Crippen LogP contribution in [0.15, 0.2) is 42.5 Å². The molecule has 2 aromatic rings. The van der Waals surface area contributed by atoms with Crippen molar-refractivity contribution in [1.29, 1.82) is 0 Å². The molecule has 0 bridgehead atoms. The maximum atomic E-state index is 10.5. The molecule has 0 heterocycles. The molecule has 0 fully saturated rings. The van der Waals surface area contributed by atoms with E-state index in [0.717, 1.165) is 6.54 Å². The van der Waals surface area contributed by atoms with Crippen molar-refractivity contribution in [3.05, 3.63) is 48.0 Å². The Bertz CT molecular complexity index is 530. The van der Waals surface area contributed by atoms with E-state index in [4.69, 9.17) is 0 Å². The van der Waals surface area contributed by atoms with Crippen molar-refractivity contribution in [2.45, 2.75) is 25.9 Å². The van der Waals surface area contributed by atoms with Gasteiger partial charge in [-0.2, -0.15) is 0 Å². The first kappa shape index (κ1) is 14.0. The van der Waals surface area contributed by atoms with E-state index in [0.29, 0.717) is 0 Å². The molecule has 0 amide bonds. The molecule has 0 spiro atoms. The number of fused-ring (bicyclic) bond motifs is 1. The highest BCUT2D eigenvalue weighted by Gasteiger charge is 2.24. The summed E-state index contributed by atoms with van der Waals surface area (Å²) in [5.74, 6) is 0.369. The van der Waals surface area contributed by atoms with Crippen LogP contribution in [-0.4, -0.2) is 24.8 Å². The van der Waals surface area contributed by atoms with Gasteiger partial charge in [0.05, 0.1) is 6.10 Å². The SMILES string of the molecule is CNC[C@H](c1cccc2ccccc12)[C@H](O)C(C)C. The van der Waals surface area contributed by atoms with Crippen molar-refractivity contribution in [2.75, 3.05) is 13.6 Å². The Morgan fingerprint density at radius 1 is 1.05 bits per heavy atom. The standard InChI is InChI=1S/C17H23NO/c1-12(2)17(19)16(11-18-3)15-10-6-8-13-7-4-5-9-14(13)15/h4-10,12,16-19H,11H2,1-3H3/t16-,17-/m1/s1. The molecule has 2 rings (SSSR count). The highest BCUT2D eigenvalue weighted by molar-refractivity contribution is 5.86. The summed E-state index contributed by atoms with van der Waals surface area (Å²) < 4.78 is 0. The summed E-state index contributed by atoms with van der Waals surface area (Å²) in [7, 11) is 1.94. The quantitative estimate of drug-likeness (QED) is 0.862. The maximum absolute atomic E-state index is 10.5. The predicted octanol–water partition coefficient (Wildman–Crippen LogP) is 3.16. The van der Waals surface area contributed by atoms with E-state index in [2.05, 4.69) is 61.6 Å². The second-order valence-corrected chi connectivity index (χ2v) is 5.47. The highest BCUT2D eigenvalue weighted by Crippen LogP contribution is 2.30. The summed E-state index contributed by atoms with van der Waals surface area (Å²) in [5.41, 5.74) is 1.23. The largest absolute Gasteiger partial charge is 0.392 e. The Balaban J connectivity index is 2.49. The number of hydrogen-bond acceptors (Lipinski definition) is 2. The number of rotatable bonds is 5. The zero-order valence-electron chi connectivity index (χ0n) is 11.9. The molecule has 0 aliphatic rings. The zero-order valence-corrected chi connectivity index (χ0v) is 11.9. The first-order valence-corrected chi connectivity index (χ1v) is 6.95. The summed E-state index contributed by atoms with van der Waals surface area (Å²) in [4.78, 5) is 0. The van der Waals surface area contributed by atoms with Gasteiger partial charge in [0.2, 0.25) is 0 Å².